The Morgan fingerprint density at radius 2 is 1.50 bits per heavy atom. The second kappa shape index (κ2) is 6.82. The van der Waals surface area contributed by atoms with E-state index in [1.54, 1.807) is 14.1 Å². The first-order valence-electron chi connectivity index (χ1n) is 5.50. The summed E-state index contributed by atoms with van der Waals surface area (Å²) < 4.78 is 5.24. The third-order valence-electron chi connectivity index (χ3n) is 2.48. The maximum absolute atomic E-state index is 11.4. The fourth-order valence-corrected chi connectivity index (χ4v) is 1.87. The molecule has 102 valence electrons. The molecule has 0 N–H and O–H groups in total. The minimum atomic E-state index is -0.360. The Labute approximate surface area is 126 Å². The van der Waals surface area contributed by atoms with Gasteiger partial charge in [0.05, 0.1) is 0 Å². The lowest BCUT2D eigenvalue weighted by atomic mass is 10.1. The highest BCUT2D eigenvalue weighted by Crippen LogP contribution is 2.28. The highest BCUT2D eigenvalue weighted by atomic mass is 127. The van der Waals surface area contributed by atoms with Crippen LogP contribution in [0.15, 0.2) is 12.1 Å². The molecule has 5 heteroatoms. The summed E-state index contributed by atoms with van der Waals surface area (Å²) in [4.78, 5) is 14.9. The molecular weight excluding hydrogens is 343 g/mol. The molecule has 0 radical (unpaired) electrons. The van der Waals surface area contributed by atoms with Gasteiger partial charge >= 0.3 is 6.09 Å². The van der Waals surface area contributed by atoms with Gasteiger partial charge in [0.1, 0.15) is 5.75 Å². The predicted molar refractivity (Wildman–Crippen MR) is 85.4 cm³/mol. The van der Waals surface area contributed by atoms with Gasteiger partial charge in [0.2, 0.25) is 0 Å². The summed E-state index contributed by atoms with van der Waals surface area (Å²) in [6, 6.07) is 3.76. The Balaban J connectivity index is 0.00000289. The van der Waals surface area contributed by atoms with Crippen molar-refractivity contribution in [1.82, 2.24) is 4.90 Å². The zero-order valence-electron chi connectivity index (χ0n) is 11.8. The Morgan fingerprint density at radius 3 is 1.83 bits per heavy atom. The van der Waals surface area contributed by atoms with E-state index in [1.807, 2.05) is 40.1 Å². The fraction of sp³-hybridized carbons (Fsp3) is 0.462. The van der Waals surface area contributed by atoms with E-state index < -0.39 is 0 Å². The topological polar surface area (TPSA) is 32.8 Å². The summed E-state index contributed by atoms with van der Waals surface area (Å²) in [7, 11) is 7.33. The van der Waals surface area contributed by atoms with Crippen molar-refractivity contribution in [2.24, 2.45) is 0 Å². The molecule has 0 aliphatic carbocycles. The number of carbonyl (C=O) groups is 1. The Morgan fingerprint density at radius 1 is 1.06 bits per heavy atom. The van der Waals surface area contributed by atoms with Gasteiger partial charge in [0, 0.05) is 33.9 Å². The van der Waals surface area contributed by atoms with E-state index >= 15 is 0 Å². The number of halogens is 1. The van der Waals surface area contributed by atoms with Gasteiger partial charge in [-0.1, -0.05) is 0 Å². The number of benzene rings is 1. The van der Waals surface area contributed by atoms with Crippen LogP contribution in [0.4, 0.5) is 10.5 Å². The van der Waals surface area contributed by atoms with Gasteiger partial charge in [0.15, 0.2) is 0 Å². The number of ether oxygens (including phenoxy) is 1. The minimum absolute atomic E-state index is 0. The minimum Gasteiger partial charge on any atom is -0.410 e. The molecule has 0 saturated carbocycles. The smallest absolute Gasteiger partial charge is 0.410 e. The highest BCUT2D eigenvalue weighted by Gasteiger charge is 2.11. The third-order valence-corrected chi connectivity index (χ3v) is 2.48. The first-order valence-corrected chi connectivity index (χ1v) is 5.50. The molecule has 1 amide bonds. The number of anilines is 1. The molecule has 18 heavy (non-hydrogen) atoms. The zero-order valence-corrected chi connectivity index (χ0v) is 14.1. The third kappa shape index (κ3) is 4.04. The number of aryl methyl sites for hydroxylation is 2. The molecule has 4 nitrogen and oxygen atoms in total. The molecule has 1 aromatic rings. The standard InChI is InChI=1S/C13H20N2O2.HI/c1-9-7-11(17-13(16)15(5)6)8-10(2)12(9)14(3)4;/h7-8H,1-6H3;1H. The first-order chi connectivity index (χ1) is 7.82. The second-order valence-corrected chi connectivity index (χ2v) is 4.56. The van der Waals surface area contributed by atoms with Crippen molar-refractivity contribution < 1.29 is 9.53 Å². The van der Waals surface area contributed by atoms with Crippen molar-refractivity contribution in [3.8, 4) is 5.75 Å². The molecule has 1 rings (SSSR count). The van der Waals surface area contributed by atoms with Crippen molar-refractivity contribution in [2.75, 3.05) is 33.1 Å². The van der Waals surface area contributed by atoms with Crippen LogP contribution in [0, 0.1) is 13.8 Å². The Hall–Kier alpha value is -0.980. The highest BCUT2D eigenvalue weighted by molar-refractivity contribution is 14.0. The summed E-state index contributed by atoms with van der Waals surface area (Å²) in [6.45, 7) is 4.02. The van der Waals surface area contributed by atoms with Crippen molar-refractivity contribution in [2.45, 2.75) is 13.8 Å². The van der Waals surface area contributed by atoms with Crippen LogP contribution in [0.25, 0.3) is 0 Å². The molecule has 1 aromatic carbocycles. The number of nitrogens with zero attached hydrogens (tertiary/aromatic N) is 2. The van der Waals surface area contributed by atoms with Crippen LogP contribution in [-0.2, 0) is 0 Å². The fourth-order valence-electron chi connectivity index (χ4n) is 1.87. The summed E-state index contributed by atoms with van der Waals surface area (Å²) in [5.41, 5.74) is 3.35. The van der Waals surface area contributed by atoms with Crippen molar-refractivity contribution in [1.29, 1.82) is 0 Å². The Kier molecular flexibility index (Phi) is 6.45. The van der Waals surface area contributed by atoms with E-state index in [0.29, 0.717) is 5.75 Å². The van der Waals surface area contributed by atoms with Crippen molar-refractivity contribution in [3.05, 3.63) is 23.3 Å². The van der Waals surface area contributed by atoms with Crippen LogP contribution >= 0.6 is 24.0 Å². The SMILES string of the molecule is Cc1cc(OC(=O)N(C)C)cc(C)c1N(C)C.I. The van der Waals surface area contributed by atoms with Crippen LogP contribution in [0.1, 0.15) is 11.1 Å². The summed E-state index contributed by atoms with van der Waals surface area (Å²) in [5, 5.41) is 0. The average Bonchev–Trinajstić information content (AvgIpc) is 2.15. The lowest BCUT2D eigenvalue weighted by Crippen LogP contribution is -2.25. The molecular formula is C13H21IN2O2. The van der Waals surface area contributed by atoms with Crippen molar-refractivity contribution >= 4 is 35.8 Å². The molecule has 0 saturated heterocycles. The van der Waals surface area contributed by atoms with Crippen LogP contribution < -0.4 is 9.64 Å². The van der Waals surface area contributed by atoms with E-state index in [-0.39, 0.29) is 30.1 Å². The summed E-state index contributed by atoms with van der Waals surface area (Å²) in [5.74, 6) is 0.587. The first kappa shape index (κ1) is 17.0. The number of amides is 1. The lowest BCUT2D eigenvalue weighted by Gasteiger charge is -2.20. The molecule has 0 aliphatic heterocycles. The van der Waals surface area contributed by atoms with E-state index in [4.69, 9.17) is 4.74 Å². The summed E-state index contributed by atoms with van der Waals surface area (Å²) >= 11 is 0. The molecule has 0 aliphatic rings. The van der Waals surface area contributed by atoms with Crippen LogP contribution in [0.2, 0.25) is 0 Å². The number of rotatable bonds is 2. The summed E-state index contributed by atoms with van der Waals surface area (Å²) in [6.07, 6.45) is -0.360. The van der Waals surface area contributed by atoms with Gasteiger partial charge in [-0.05, 0) is 37.1 Å². The van der Waals surface area contributed by atoms with E-state index in [9.17, 15) is 4.79 Å². The molecule has 0 spiro atoms. The molecule has 0 unspecified atom stereocenters. The largest absolute Gasteiger partial charge is 0.414 e. The monoisotopic (exact) mass is 364 g/mol. The maximum atomic E-state index is 11.4. The molecule has 0 heterocycles. The van der Waals surface area contributed by atoms with Crippen LogP contribution in [-0.4, -0.2) is 39.2 Å². The number of hydrogen-bond donors (Lipinski definition) is 0. The Bertz CT molecular complexity index is 408. The molecule has 0 aromatic heterocycles. The predicted octanol–water partition coefficient (Wildman–Crippen LogP) is 3.05. The van der Waals surface area contributed by atoms with E-state index in [1.165, 1.54) is 4.90 Å². The van der Waals surface area contributed by atoms with Gasteiger partial charge in [-0.2, -0.15) is 0 Å². The van der Waals surface area contributed by atoms with Gasteiger partial charge in [-0.25, -0.2) is 4.79 Å². The van der Waals surface area contributed by atoms with Crippen molar-refractivity contribution in [3.63, 3.8) is 0 Å². The van der Waals surface area contributed by atoms with Gasteiger partial charge in [0.25, 0.3) is 0 Å². The van der Waals surface area contributed by atoms with Crippen LogP contribution in [0.3, 0.4) is 0 Å². The molecule has 0 atom stereocenters. The average molecular weight is 364 g/mol. The van der Waals surface area contributed by atoms with Gasteiger partial charge < -0.3 is 14.5 Å². The molecule has 0 fully saturated rings. The van der Waals surface area contributed by atoms with Gasteiger partial charge in [-0.3, -0.25) is 0 Å². The number of hydrogen-bond acceptors (Lipinski definition) is 3. The maximum Gasteiger partial charge on any atom is 0.414 e. The second-order valence-electron chi connectivity index (χ2n) is 4.56. The quantitative estimate of drug-likeness (QED) is 0.757. The lowest BCUT2D eigenvalue weighted by molar-refractivity contribution is 0.172. The van der Waals surface area contributed by atoms with E-state index in [0.717, 1.165) is 16.8 Å². The van der Waals surface area contributed by atoms with Crippen LogP contribution in [0.5, 0.6) is 5.75 Å². The number of carbonyl (C=O) groups excluding carboxylic acids is 1. The zero-order chi connectivity index (χ0) is 13.2. The normalized spacial score (nSPS) is 9.44. The van der Waals surface area contributed by atoms with E-state index in [2.05, 4.69) is 4.90 Å². The molecule has 0 bridgehead atoms. The van der Waals surface area contributed by atoms with Gasteiger partial charge in [-0.15, -0.1) is 24.0 Å².